The van der Waals surface area contributed by atoms with E-state index in [4.69, 9.17) is 4.74 Å². The van der Waals surface area contributed by atoms with E-state index in [1.54, 1.807) is 0 Å². The molecule has 132 valence electrons. The summed E-state index contributed by atoms with van der Waals surface area (Å²) < 4.78 is 5.76. The highest BCUT2D eigenvalue weighted by Gasteiger charge is 2.04. The summed E-state index contributed by atoms with van der Waals surface area (Å²) >= 11 is 0. The Morgan fingerprint density at radius 2 is 1.58 bits per heavy atom. The van der Waals surface area contributed by atoms with Crippen LogP contribution in [0, 0.1) is 6.92 Å². The van der Waals surface area contributed by atoms with Gasteiger partial charge >= 0.3 is 0 Å². The molecule has 0 unspecified atom stereocenters. The molecular formula is C22H22N2O2. The maximum absolute atomic E-state index is 12.1. The van der Waals surface area contributed by atoms with Crippen LogP contribution in [0.1, 0.15) is 11.1 Å². The van der Waals surface area contributed by atoms with Crippen LogP contribution in [0.2, 0.25) is 0 Å². The minimum Gasteiger partial charge on any atom is -0.489 e. The number of rotatable bonds is 7. The van der Waals surface area contributed by atoms with Gasteiger partial charge in [-0.2, -0.15) is 0 Å². The number of aryl methyl sites for hydroxylation is 1. The topological polar surface area (TPSA) is 50.4 Å². The van der Waals surface area contributed by atoms with Gasteiger partial charge in [0.15, 0.2) is 0 Å². The van der Waals surface area contributed by atoms with E-state index in [9.17, 15) is 4.79 Å². The zero-order valence-electron chi connectivity index (χ0n) is 14.7. The monoisotopic (exact) mass is 346 g/mol. The Labute approximate surface area is 153 Å². The van der Waals surface area contributed by atoms with E-state index in [0.29, 0.717) is 6.61 Å². The minimum atomic E-state index is -0.0799. The highest BCUT2D eigenvalue weighted by Crippen LogP contribution is 2.17. The molecule has 4 heteroatoms. The fourth-order valence-electron chi connectivity index (χ4n) is 2.50. The second-order valence-electron chi connectivity index (χ2n) is 6.02. The van der Waals surface area contributed by atoms with Crippen molar-refractivity contribution in [2.45, 2.75) is 13.5 Å². The first-order valence-electron chi connectivity index (χ1n) is 8.57. The number of anilines is 2. The molecule has 4 nitrogen and oxygen atoms in total. The average Bonchev–Trinajstić information content (AvgIpc) is 2.68. The molecule has 0 saturated carbocycles. The molecule has 3 aromatic carbocycles. The van der Waals surface area contributed by atoms with Gasteiger partial charge in [0, 0.05) is 11.4 Å². The van der Waals surface area contributed by atoms with Crippen LogP contribution in [0.15, 0.2) is 78.9 Å². The molecule has 0 radical (unpaired) electrons. The van der Waals surface area contributed by atoms with Crippen molar-refractivity contribution in [3.8, 4) is 5.75 Å². The van der Waals surface area contributed by atoms with Crippen LogP contribution in [0.3, 0.4) is 0 Å². The van der Waals surface area contributed by atoms with Crippen molar-refractivity contribution in [1.82, 2.24) is 0 Å². The van der Waals surface area contributed by atoms with Gasteiger partial charge in [-0.1, -0.05) is 48.5 Å². The number of hydrogen-bond donors (Lipinski definition) is 2. The molecule has 0 aromatic heterocycles. The number of para-hydroxylation sites is 1. The zero-order valence-corrected chi connectivity index (χ0v) is 14.7. The number of carbonyl (C=O) groups excluding carboxylic acids is 1. The summed E-state index contributed by atoms with van der Waals surface area (Å²) in [4.78, 5) is 12.1. The molecule has 3 aromatic rings. The molecule has 0 aliphatic heterocycles. The predicted octanol–water partition coefficient (Wildman–Crippen LogP) is 4.62. The van der Waals surface area contributed by atoms with Crippen LogP contribution in [0.25, 0.3) is 0 Å². The molecule has 26 heavy (non-hydrogen) atoms. The molecule has 3 rings (SSSR count). The van der Waals surface area contributed by atoms with E-state index in [1.165, 1.54) is 0 Å². The molecule has 0 atom stereocenters. The number of ether oxygens (including phenoxy) is 1. The Morgan fingerprint density at radius 1 is 0.885 bits per heavy atom. The second kappa shape index (κ2) is 8.72. The lowest BCUT2D eigenvalue weighted by Crippen LogP contribution is -2.22. The van der Waals surface area contributed by atoms with Crippen molar-refractivity contribution in [1.29, 1.82) is 0 Å². The molecular weight excluding hydrogens is 324 g/mol. The Balaban J connectivity index is 1.46. The highest BCUT2D eigenvalue weighted by atomic mass is 16.5. The van der Waals surface area contributed by atoms with Gasteiger partial charge in [-0.05, 0) is 48.4 Å². The van der Waals surface area contributed by atoms with E-state index in [2.05, 4.69) is 10.6 Å². The van der Waals surface area contributed by atoms with Crippen molar-refractivity contribution >= 4 is 17.3 Å². The summed E-state index contributed by atoms with van der Waals surface area (Å²) in [5.74, 6) is 0.715. The fourth-order valence-corrected chi connectivity index (χ4v) is 2.50. The van der Waals surface area contributed by atoms with Gasteiger partial charge in [0.25, 0.3) is 0 Å². The zero-order chi connectivity index (χ0) is 18.2. The Hall–Kier alpha value is -3.27. The number of benzene rings is 3. The molecule has 1 amide bonds. The number of nitrogens with one attached hydrogen (secondary N) is 2. The van der Waals surface area contributed by atoms with E-state index >= 15 is 0 Å². The maximum atomic E-state index is 12.1. The van der Waals surface area contributed by atoms with Crippen molar-refractivity contribution in [3.05, 3.63) is 90.0 Å². The summed E-state index contributed by atoms with van der Waals surface area (Å²) in [6, 6.07) is 25.3. The Bertz CT molecular complexity index is 846. The quantitative estimate of drug-likeness (QED) is 0.656. The summed E-state index contributed by atoms with van der Waals surface area (Å²) in [5.41, 5.74) is 3.88. The third-order valence-corrected chi connectivity index (χ3v) is 3.97. The first kappa shape index (κ1) is 17.5. The normalized spacial score (nSPS) is 10.2. The van der Waals surface area contributed by atoms with Crippen LogP contribution in [-0.2, 0) is 11.4 Å². The third kappa shape index (κ3) is 5.11. The average molecular weight is 346 g/mol. The summed E-state index contributed by atoms with van der Waals surface area (Å²) in [6.45, 7) is 2.71. The van der Waals surface area contributed by atoms with Crippen LogP contribution in [-0.4, -0.2) is 12.5 Å². The fraction of sp³-hybridized carbons (Fsp3) is 0.136. The molecule has 0 saturated heterocycles. The SMILES string of the molecule is Cc1ccccc1NC(=O)CNc1ccc(OCc2ccccc2)cc1. The number of amides is 1. The number of hydrogen-bond acceptors (Lipinski definition) is 3. The lowest BCUT2D eigenvalue weighted by Gasteiger charge is -2.11. The van der Waals surface area contributed by atoms with E-state index < -0.39 is 0 Å². The van der Waals surface area contributed by atoms with Gasteiger partial charge in [-0.25, -0.2) is 0 Å². The molecule has 2 N–H and O–H groups in total. The largest absolute Gasteiger partial charge is 0.489 e. The van der Waals surface area contributed by atoms with Gasteiger partial charge < -0.3 is 15.4 Å². The first-order chi connectivity index (χ1) is 12.7. The highest BCUT2D eigenvalue weighted by molar-refractivity contribution is 5.94. The van der Waals surface area contributed by atoms with Crippen LogP contribution in [0.5, 0.6) is 5.75 Å². The predicted molar refractivity (Wildman–Crippen MR) is 106 cm³/mol. The third-order valence-electron chi connectivity index (χ3n) is 3.97. The van der Waals surface area contributed by atoms with E-state index in [-0.39, 0.29) is 12.5 Å². The molecule has 0 fully saturated rings. The maximum Gasteiger partial charge on any atom is 0.243 e. The van der Waals surface area contributed by atoms with Gasteiger partial charge in [-0.3, -0.25) is 4.79 Å². The first-order valence-corrected chi connectivity index (χ1v) is 8.57. The Kier molecular flexibility index (Phi) is 5.88. The molecule has 0 bridgehead atoms. The lowest BCUT2D eigenvalue weighted by molar-refractivity contribution is -0.114. The van der Waals surface area contributed by atoms with Crippen molar-refractivity contribution in [2.75, 3.05) is 17.2 Å². The minimum absolute atomic E-state index is 0.0799. The summed E-state index contributed by atoms with van der Waals surface area (Å²) in [7, 11) is 0. The Morgan fingerprint density at radius 3 is 2.31 bits per heavy atom. The molecule has 0 aliphatic rings. The van der Waals surface area contributed by atoms with E-state index in [0.717, 1.165) is 28.3 Å². The lowest BCUT2D eigenvalue weighted by atomic mass is 10.2. The van der Waals surface area contributed by atoms with Crippen molar-refractivity contribution < 1.29 is 9.53 Å². The molecule has 0 heterocycles. The summed E-state index contributed by atoms with van der Waals surface area (Å²) in [5, 5.41) is 6.02. The van der Waals surface area contributed by atoms with Crippen LogP contribution >= 0.6 is 0 Å². The molecule has 0 aliphatic carbocycles. The van der Waals surface area contributed by atoms with Crippen molar-refractivity contribution in [2.24, 2.45) is 0 Å². The van der Waals surface area contributed by atoms with Gasteiger partial charge in [0.2, 0.25) is 5.91 Å². The molecule has 0 spiro atoms. The standard InChI is InChI=1S/C22H22N2O2/c1-17-7-5-6-10-21(17)24-22(25)15-23-19-11-13-20(14-12-19)26-16-18-8-3-2-4-9-18/h2-14,23H,15-16H2,1H3,(H,24,25). The second-order valence-corrected chi connectivity index (χ2v) is 6.02. The van der Waals surface area contributed by atoms with Gasteiger partial charge in [0.05, 0.1) is 6.54 Å². The van der Waals surface area contributed by atoms with Crippen molar-refractivity contribution in [3.63, 3.8) is 0 Å². The summed E-state index contributed by atoms with van der Waals surface area (Å²) in [6.07, 6.45) is 0. The van der Waals surface area contributed by atoms with Gasteiger partial charge in [0.1, 0.15) is 12.4 Å². The van der Waals surface area contributed by atoms with Gasteiger partial charge in [-0.15, -0.1) is 0 Å². The smallest absolute Gasteiger partial charge is 0.243 e. The van der Waals surface area contributed by atoms with E-state index in [1.807, 2.05) is 85.8 Å². The van der Waals surface area contributed by atoms with Crippen LogP contribution < -0.4 is 15.4 Å². The number of carbonyl (C=O) groups is 1. The van der Waals surface area contributed by atoms with Crippen LogP contribution in [0.4, 0.5) is 11.4 Å².